The summed E-state index contributed by atoms with van der Waals surface area (Å²) >= 11 is 0. The van der Waals surface area contributed by atoms with Gasteiger partial charge in [0, 0.05) is 25.3 Å². The van der Waals surface area contributed by atoms with Crippen molar-refractivity contribution in [1.29, 1.82) is 0 Å². The zero-order valence-electron chi connectivity index (χ0n) is 15.5. The second kappa shape index (κ2) is 6.88. The first-order chi connectivity index (χ1) is 13.0. The second-order valence-electron chi connectivity index (χ2n) is 7.52. The maximum absolute atomic E-state index is 12.7. The number of methoxy groups -OCH3 is 1. The Kier molecular flexibility index (Phi) is 4.55. The van der Waals surface area contributed by atoms with Gasteiger partial charge in [0.1, 0.15) is 5.56 Å². The van der Waals surface area contributed by atoms with Crippen molar-refractivity contribution in [2.75, 3.05) is 31.6 Å². The fraction of sp³-hybridized carbons (Fsp3) is 0.500. The molecule has 2 fully saturated rings. The Hall–Kier alpha value is -2.54. The lowest BCUT2D eigenvalue weighted by Crippen LogP contribution is -2.38. The van der Waals surface area contributed by atoms with Crippen LogP contribution in [-0.4, -0.2) is 42.4 Å². The minimum Gasteiger partial charge on any atom is -0.492 e. The van der Waals surface area contributed by atoms with Gasteiger partial charge >= 0.3 is 5.97 Å². The molecular formula is C20H25N3O4. The molecule has 0 bridgehead atoms. The SMILES string of the molecule is COc1c(N2CCCC(CN)C2)ccc2c(=O)c(C(=O)O)cn(C3CC3)c12. The monoisotopic (exact) mass is 371 g/mol. The van der Waals surface area contributed by atoms with Crippen LogP contribution in [0, 0.1) is 5.92 Å². The number of nitrogens with zero attached hydrogens (tertiary/aromatic N) is 2. The van der Waals surface area contributed by atoms with Gasteiger partial charge in [0.15, 0.2) is 5.75 Å². The smallest absolute Gasteiger partial charge is 0.341 e. The van der Waals surface area contributed by atoms with E-state index in [1.54, 1.807) is 13.2 Å². The number of benzene rings is 1. The predicted molar refractivity (Wildman–Crippen MR) is 104 cm³/mol. The van der Waals surface area contributed by atoms with Gasteiger partial charge in [-0.25, -0.2) is 4.79 Å². The molecule has 1 saturated carbocycles. The Morgan fingerprint density at radius 2 is 2.11 bits per heavy atom. The first kappa shape index (κ1) is 17.9. The van der Waals surface area contributed by atoms with Crippen LogP contribution >= 0.6 is 0 Å². The molecule has 1 aliphatic carbocycles. The highest BCUT2D eigenvalue weighted by Gasteiger charge is 2.30. The van der Waals surface area contributed by atoms with Gasteiger partial charge in [0.2, 0.25) is 5.43 Å². The van der Waals surface area contributed by atoms with Gasteiger partial charge in [-0.05, 0) is 50.3 Å². The highest BCUT2D eigenvalue weighted by Crippen LogP contribution is 2.43. The molecule has 4 rings (SSSR count). The van der Waals surface area contributed by atoms with Crippen LogP contribution < -0.4 is 20.8 Å². The van der Waals surface area contributed by atoms with Gasteiger partial charge < -0.3 is 25.0 Å². The molecule has 144 valence electrons. The van der Waals surface area contributed by atoms with E-state index < -0.39 is 11.4 Å². The number of nitrogens with two attached hydrogens (primary N) is 1. The number of hydrogen-bond acceptors (Lipinski definition) is 5. The minimum atomic E-state index is -1.19. The fourth-order valence-electron chi connectivity index (χ4n) is 4.13. The quantitative estimate of drug-likeness (QED) is 0.836. The van der Waals surface area contributed by atoms with Crippen molar-refractivity contribution in [1.82, 2.24) is 4.57 Å². The number of rotatable bonds is 5. The maximum Gasteiger partial charge on any atom is 0.341 e. The summed E-state index contributed by atoms with van der Waals surface area (Å²) in [4.78, 5) is 26.5. The van der Waals surface area contributed by atoms with E-state index in [2.05, 4.69) is 4.90 Å². The number of aromatic nitrogens is 1. The molecule has 2 aromatic rings. The number of aromatic carboxylic acids is 1. The number of carbonyl (C=O) groups is 1. The largest absolute Gasteiger partial charge is 0.492 e. The van der Waals surface area contributed by atoms with E-state index in [0.29, 0.717) is 29.1 Å². The van der Waals surface area contributed by atoms with E-state index >= 15 is 0 Å². The van der Waals surface area contributed by atoms with Crippen LogP contribution in [0.4, 0.5) is 5.69 Å². The predicted octanol–water partition coefficient (Wildman–Crippen LogP) is 2.22. The highest BCUT2D eigenvalue weighted by molar-refractivity contribution is 5.97. The number of hydrogen-bond donors (Lipinski definition) is 2. The van der Waals surface area contributed by atoms with Crippen molar-refractivity contribution >= 4 is 22.6 Å². The van der Waals surface area contributed by atoms with E-state index in [-0.39, 0.29) is 11.6 Å². The van der Waals surface area contributed by atoms with Gasteiger partial charge in [-0.3, -0.25) is 4.79 Å². The van der Waals surface area contributed by atoms with Crippen LogP contribution in [0.3, 0.4) is 0 Å². The molecule has 27 heavy (non-hydrogen) atoms. The molecular weight excluding hydrogens is 346 g/mol. The number of carboxylic acid groups (broad SMARTS) is 1. The molecule has 2 heterocycles. The van der Waals surface area contributed by atoms with Crippen LogP contribution in [0.1, 0.15) is 42.1 Å². The van der Waals surface area contributed by atoms with Crippen LogP contribution in [0.15, 0.2) is 23.1 Å². The van der Waals surface area contributed by atoms with Crippen LogP contribution in [0.25, 0.3) is 10.9 Å². The topological polar surface area (TPSA) is 97.8 Å². The maximum atomic E-state index is 12.7. The molecule has 1 unspecified atom stereocenters. The average molecular weight is 371 g/mol. The third-order valence-electron chi connectivity index (χ3n) is 5.69. The summed E-state index contributed by atoms with van der Waals surface area (Å²) in [7, 11) is 1.61. The van der Waals surface area contributed by atoms with Gasteiger partial charge in [-0.15, -0.1) is 0 Å². The summed E-state index contributed by atoms with van der Waals surface area (Å²) < 4.78 is 7.70. The summed E-state index contributed by atoms with van der Waals surface area (Å²) in [6, 6.07) is 3.84. The molecule has 1 saturated heterocycles. The van der Waals surface area contributed by atoms with E-state index in [4.69, 9.17) is 10.5 Å². The van der Waals surface area contributed by atoms with E-state index in [1.165, 1.54) is 6.20 Å². The molecule has 1 aliphatic heterocycles. The third kappa shape index (κ3) is 3.06. The fourth-order valence-corrected chi connectivity index (χ4v) is 4.13. The molecule has 3 N–H and O–H groups in total. The molecule has 0 radical (unpaired) electrons. The zero-order valence-corrected chi connectivity index (χ0v) is 15.5. The molecule has 7 heteroatoms. The number of piperidine rings is 1. The normalized spacial score (nSPS) is 20.1. The van der Waals surface area contributed by atoms with Crippen molar-refractivity contribution in [3.05, 3.63) is 34.1 Å². The number of fused-ring (bicyclic) bond motifs is 1. The van der Waals surface area contributed by atoms with Gasteiger partial charge in [0.05, 0.1) is 23.7 Å². The highest BCUT2D eigenvalue weighted by atomic mass is 16.5. The van der Waals surface area contributed by atoms with E-state index in [1.807, 2.05) is 10.6 Å². The Morgan fingerprint density at radius 1 is 1.33 bits per heavy atom. The third-order valence-corrected chi connectivity index (χ3v) is 5.69. The summed E-state index contributed by atoms with van der Waals surface area (Å²) in [5.41, 5.74) is 6.87. The van der Waals surface area contributed by atoms with Crippen LogP contribution in [0.2, 0.25) is 0 Å². The number of anilines is 1. The van der Waals surface area contributed by atoms with Gasteiger partial charge in [0.25, 0.3) is 0 Å². The number of ether oxygens (including phenoxy) is 1. The van der Waals surface area contributed by atoms with E-state index in [9.17, 15) is 14.7 Å². The first-order valence-corrected chi connectivity index (χ1v) is 9.49. The Balaban J connectivity index is 1.93. The van der Waals surface area contributed by atoms with Crippen LogP contribution in [0.5, 0.6) is 5.75 Å². The lowest BCUT2D eigenvalue weighted by Gasteiger charge is -2.35. The lowest BCUT2D eigenvalue weighted by atomic mass is 9.97. The van der Waals surface area contributed by atoms with E-state index in [0.717, 1.165) is 44.5 Å². The Bertz CT molecular complexity index is 948. The number of pyridine rings is 1. The molecule has 7 nitrogen and oxygen atoms in total. The van der Waals surface area contributed by atoms with Crippen molar-refractivity contribution in [2.24, 2.45) is 11.7 Å². The standard InChI is InChI=1S/C20H25N3O4/c1-27-19-16(22-8-2-3-12(9-21)10-22)7-6-14-17(19)23(13-4-5-13)11-15(18(14)24)20(25)26/h6-7,11-13H,2-5,8-10,21H2,1H3,(H,25,26). The van der Waals surface area contributed by atoms with Crippen molar-refractivity contribution < 1.29 is 14.6 Å². The lowest BCUT2D eigenvalue weighted by molar-refractivity contribution is 0.0695. The van der Waals surface area contributed by atoms with Gasteiger partial charge in [-0.2, -0.15) is 0 Å². The molecule has 2 aliphatic rings. The Morgan fingerprint density at radius 3 is 2.74 bits per heavy atom. The Labute approximate surface area is 157 Å². The molecule has 1 atom stereocenters. The van der Waals surface area contributed by atoms with Crippen molar-refractivity contribution in [3.63, 3.8) is 0 Å². The first-order valence-electron chi connectivity index (χ1n) is 9.49. The zero-order chi connectivity index (χ0) is 19.1. The molecule has 0 amide bonds. The van der Waals surface area contributed by atoms with Crippen molar-refractivity contribution in [3.8, 4) is 5.75 Å². The van der Waals surface area contributed by atoms with Gasteiger partial charge in [-0.1, -0.05) is 0 Å². The summed E-state index contributed by atoms with van der Waals surface area (Å²) in [5.74, 6) is -0.105. The second-order valence-corrected chi connectivity index (χ2v) is 7.52. The minimum absolute atomic E-state index is 0.189. The summed E-state index contributed by atoms with van der Waals surface area (Å²) in [6.07, 6.45) is 5.62. The van der Waals surface area contributed by atoms with Crippen molar-refractivity contribution in [2.45, 2.75) is 31.7 Å². The van der Waals surface area contributed by atoms with Crippen LogP contribution in [-0.2, 0) is 0 Å². The number of carboxylic acids is 1. The summed E-state index contributed by atoms with van der Waals surface area (Å²) in [5, 5.41) is 9.83. The average Bonchev–Trinajstić information content (AvgIpc) is 3.52. The molecule has 1 aromatic heterocycles. The summed E-state index contributed by atoms with van der Waals surface area (Å²) in [6.45, 7) is 2.43. The molecule has 1 aromatic carbocycles. The molecule has 0 spiro atoms.